The van der Waals surface area contributed by atoms with Crippen molar-refractivity contribution in [2.75, 3.05) is 0 Å². The van der Waals surface area contributed by atoms with Gasteiger partial charge in [-0.25, -0.2) is 0 Å². The maximum atomic E-state index is 6.07. The monoisotopic (exact) mass is 194 g/mol. The Kier molecular flexibility index (Phi) is 3.38. The third kappa shape index (κ3) is 2.18. The number of aromatic nitrogens is 1. The van der Waals surface area contributed by atoms with Crippen molar-refractivity contribution in [3.63, 3.8) is 0 Å². The molecule has 0 saturated carbocycles. The lowest BCUT2D eigenvalue weighted by Gasteiger charge is -2.15. The zero-order valence-electron chi connectivity index (χ0n) is 9.96. The third-order valence-corrected chi connectivity index (χ3v) is 3.19. The molecule has 2 N–H and O–H groups in total. The SMILES string of the molecule is Cc1cc(CC(N)C(C)C)c(C)n1C. The van der Waals surface area contributed by atoms with Crippen LogP contribution in [-0.2, 0) is 13.5 Å². The quantitative estimate of drug-likeness (QED) is 0.785. The Bertz CT molecular complexity index is 310. The van der Waals surface area contributed by atoms with Gasteiger partial charge in [-0.1, -0.05) is 13.8 Å². The molecule has 80 valence electrons. The molecule has 1 atom stereocenters. The van der Waals surface area contributed by atoms with Gasteiger partial charge < -0.3 is 10.3 Å². The molecule has 1 unspecified atom stereocenters. The topological polar surface area (TPSA) is 30.9 Å². The van der Waals surface area contributed by atoms with Gasteiger partial charge in [-0.3, -0.25) is 0 Å². The highest BCUT2D eigenvalue weighted by atomic mass is 14.9. The van der Waals surface area contributed by atoms with Gasteiger partial charge in [0.2, 0.25) is 0 Å². The minimum atomic E-state index is 0.274. The third-order valence-electron chi connectivity index (χ3n) is 3.19. The molecule has 0 radical (unpaired) electrons. The Labute approximate surface area is 87.1 Å². The molecule has 2 nitrogen and oxygen atoms in total. The van der Waals surface area contributed by atoms with Crippen LogP contribution in [0.1, 0.15) is 30.8 Å². The highest BCUT2D eigenvalue weighted by molar-refractivity contribution is 5.27. The molecule has 1 aromatic heterocycles. The molecule has 0 amide bonds. The molecule has 0 fully saturated rings. The van der Waals surface area contributed by atoms with Gasteiger partial charge in [0.15, 0.2) is 0 Å². The summed E-state index contributed by atoms with van der Waals surface area (Å²) in [6.07, 6.45) is 0.991. The fraction of sp³-hybridized carbons (Fsp3) is 0.667. The highest BCUT2D eigenvalue weighted by Gasteiger charge is 2.12. The Hall–Kier alpha value is -0.760. The number of nitrogens with zero attached hydrogens (tertiary/aromatic N) is 1. The second-order valence-corrected chi connectivity index (χ2v) is 4.57. The molecule has 0 aliphatic rings. The van der Waals surface area contributed by atoms with Crippen LogP contribution in [0.15, 0.2) is 6.07 Å². The largest absolute Gasteiger partial charge is 0.352 e. The molecular weight excluding hydrogens is 172 g/mol. The second-order valence-electron chi connectivity index (χ2n) is 4.57. The van der Waals surface area contributed by atoms with E-state index in [4.69, 9.17) is 5.73 Å². The minimum Gasteiger partial charge on any atom is -0.352 e. The first-order valence-corrected chi connectivity index (χ1v) is 5.30. The summed E-state index contributed by atoms with van der Waals surface area (Å²) in [5.74, 6) is 0.551. The van der Waals surface area contributed by atoms with Crippen molar-refractivity contribution in [2.24, 2.45) is 18.7 Å². The lowest BCUT2D eigenvalue weighted by atomic mass is 9.97. The van der Waals surface area contributed by atoms with E-state index in [1.54, 1.807) is 0 Å². The predicted octanol–water partition coefficient (Wildman–Crippen LogP) is 2.17. The minimum absolute atomic E-state index is 0.274. The number of hydrogen-bond acceptors (Lipinski definition) is 1. The summed E-state index contributed by atoms with van der Waals surface area (Å²) in [5.41, 5.74) is 10.1. The second kappa shape index (κ2) is 4.18. The molecule has 0 aliphatic carbocycles. The molecule has 2 heteroatoms. The molecule has 1 heterocycles. The van der Waals surface area contributed by atoms with E-state index >= 15 is 0 Å². The molecule has 1 aromatic rings. The van der Waals surface area contributed by atoms with Crippen LogP contribution in [0.2, 0.25) is 0 Å². The van der Waals surface area contributed by atoms with E-state index in [1.165, 1.54) is 17.0 Å². The van der Waals surface area contributed by atoms with Gasteiger partial charge in [0.25, 0.3) is 0 Å². The van der Waals surface area contributed by atoms with Crippen molar-refractivity contribution in [1.29, 1.82) is 0 Å². The van der Waals surface area contributed by atoms with Gasteiger partial charge in [-0.05, 0) is 37.8 Å². The summed E-state index contributed by atoms with van der Waals surface area (Å²) < 4.78 is 2.22. The van der Waals surface area contributed by atoms with Gasteiger partial charge >= 0.3 is 0 Å². The zero-order chi connectivity index (χ0) is 10.9. The van der Waals surface area contributed by atoms with Crippen LogP contribution in [0.4, 0.5) is 0 Å². The number of nitrogens with two attached hydrogens (primary N) is 1. The van der Waals surface area contributed by atoms with E-state index in [-0.39, 0.29) is 6.04 Å². The van der Waals surface area contributed by atoms with Crippen LogP contribution in [-0.4, -0.2) is 10.6 Å². The van der Waals surface area contributed by atoms with Gasteiger partial charge in [0.1, 0.15) is 0 Å². The summed E-state index contributed by atoms with van der Waals surface area (Å²) in [5, 5.41) is 0. The van der Waals surface area contributed by atoms with Gasteiger partial charge in [-0.2, -0.15) is 0 Å². The van der Waals surface area contributed by atoms with Crippen LogP contribution in [0.3, 0.4) is 0 Å². The lowest BCUT2D eigenvalue weighted by Crippen LogP contribution is -2.28. The van der Waals surface area contributed by atoms with Crippen LogP contribution >= 0.6 is 0 Å². The van der Waals surface area contributed by atoms with Gasteiger partial charge in [0.05, 0.1) is 0 Å². The summed E-state index contributed by atoms with van der Waals surface area (Å²) in [4.78, 5) is 0. The Morgan fingerprint density at radius 3 is 2.29 bits per heavy atom. The van der Waals surface area contributed by atoms with E-state index < -0.39 is 0 Å². The number of aryl methyl sites for hydroxylation is 1. The summed E-state index contributed by atoms with van der Waals surface area (Å²) in [6.45, 7) is 8.65. The first kappa shape index (κ1) is 11.3. The Balaban J connectivity index is 2.82. The molecule has 0 aromatic carbocycles. The average Bonchev–Trinajstić information content (AvgIpc) is 2.33. The van der Waals surface area contributed by atoms with Crippen molar-refractivity contribution in [1.82, 2.24) is 4.57 Å². The van der Waals surface area contributed by atoms with Crippen molar-refractivity contribution in [3.8, 4) is 0 Å². The van der Waals surface area contributed by atoms with E-state index in [0.29, 0.717) is 5.92 Å². The van der Waals surface area contributed by atoms with E-state index in [9.17, 15) is 0 Å². The highest BCUT2D eigenvalue weighted by Crippen LogP contribution is 2.16. The number of hydrogen-bond donors (Lipinski definition) is 1. The van der Waals surface area contributed by atoms with Crippen molar-refractivity contribution < 1.29 is 0 Å². The molecule has 0 aliphatic heterocycles. The fourth-order valence-electron chi connectivity index (χ4n) is 1.63. The normalized spacial score (nSPS) is 13.6. The molecule has 0 saturated heterocycles. The predicted molar refractivity (Wildman–Crippen MR) is 61.4 cm³/mol. The Morgan fingerprint density at radius 1 is 1.36 bits per heavy atom. The van der Waals surface area contributed by atoms with Crippen LogP contribution in [0.25, 0.3) is 0 Å². The molecule has 0 spiro atoms. The Morgan fingerprint density at radius 2 is 1.93 bits per heavy atom. The standard InChI is InChI=1S/C12H22N2/c1-8(2)12(13)7-11-6-9(3)14(5)10(11)4/h6,8,12H,7,13H2,1-5H3. The summed E-state index contributed by atoms with van der Waals surface area (Å²) >= 11 is 0. The maximum absolute atomic E-state index is 6.07. The molecule has 1 rings (SSSR count). The molecular formula is C12H22N2. The fourth-order valence-corrected chi connectivity index (χ4v) is 1.63. The first-order valence-electron chi connectivity index (χ1n) is 5.30. The molecule has 14 heavy (non-hydrogen) atoms. The van der Waals surface area contributed by atoms with Crippen LogP contribution in [0.5, 0.6) is 0 Å². The van der Waals surface area contributed by atoms with E-state index in [1.807, 2.05) is 0 Å². The first-order chi connectivity index (χ1) is 6.43. The van der Waals surface area contributed by atoms with Gasteiger partial charge in [0, 0.05) is 24.5 Å². The van der Waals surface area contributed by atoms with Crippen molar-refractivity contribution in [3.05, 3.63) is 23.0 Å². The maximum Gasteiger partial charge on any atom is 0.0175 e. The smallest absolute Gasteiger partial charge is 0.0175 e. The van der Waals surface area contributed by atoms with Gasteiger partial charge in [-0.15, -0.1) is 0 Å². The van der Waals surface area contributed by atoms with Crippen molar-refractivity contribution in [2.45, 2.75) is 40.2 Å². The zero-order valence-corrected chi connectivity index (χ0v) is 9.96. The number of rotatable bonds is 3. The summed E-state index contributed by atoms with van der Waals surface area (Å²) in [7, 11) is 2.11. The lowest BCUT2D eigenvalue weighted by molar-refractivity contribution is 0.489. The average molecular weight is 194 g/mol. The summed E-state index contributed by atoms with van der Waals surface area (Å²) in [6, 6.07) is 2.52. The van der Waals surface area contributed by atoms with Crippen LogP contribution < -0.4 is 5.73 Å². The molecule has 0 bridgehead atoms. The van der Waals surface area contributed by atoms with Crippen LogP contribution in [0, 0.1) is 19.8 Å². The van der Waals surface area contributed by atoms with E-state index in [2.05, 4.69) is 45.4 Å². The van der Waals surface area contributed by atoms with Crippen molar-refractivity contribution >= 4 is 0 Å². The van der Waals surface area contributed by atoms with E-state index in [0.717, 1.165) is 6.42 Å².